The summed E-state index contributed by atoms with van der Waals surface area (Å²) in [5.41, 5.74) is 0.731. The third-order valence-electron chi connectivity index (χ3n) is 1.40. The van der Waals surface area contributed by atoms with E-state index in [4.69, 9.17) is 58.0 Å². The summed E-state index contributed by atoms with van der Waals surface area (Å²) in [6.45, 7) is 0. The number of hydrogen-bond donors (Lipinski definition) is 0. The van der Waals surface area contributed by atoms with E-state index >= 15 is 0 Å². The van der Waals surface area contributed by atoms with Crippen molar-refractivity contribution in [3.8, 4) is 0 Å². The first kappa shape index (κ1) is 11.7. The molecular weight excluding hydrogens is 273 g/mol. The second kappa shape index (κ2) is 4.46. The second-order valence-electron chi connectivity index (χ2n) is 2.53. The van der Waals surface area contributed by atoms with Crippen LogP contribution in [-0.2, 0) is 6.42 Å². The lowest BCUT2D eigenvalue weighted by atomic mass is 10.2. The molecule has 0 aliphatic rings. The van der Waals surface area contributed by atoms with Crippen molar-refractivity contribution in [3.05, 3.63) is 33.8 Å². The lowest BCUT2D eigenvalue weighted by Gasteiger charge is -2.11. The topological polar surface area (TPSA) is 0 Å². The molecule has 0 fully saturated rings. The minimum absolute atomic E-state index is 0.247. The van der Waals surface area contributed by atoms with Gasteiger partial charge in [0.2, 0.25) is 0 Å². The Hall–Kier alpha value is 0.670. The Kier molecular flexibility index (Phi) is 4.03. The Balaban J connectivity index is 2.94. The minimum atomic E-state index is -1.34. The Morgan fingerprint density at radius 1 is 1.08 bits per heavy atom. The Labute approximate surface area is 102 Å². The molecule has 0 radical (unpaired) electrons. The molecule has 0 nitrogen and oxygen atoms in total. The first-order valence-corrected chi connectivity index (χ1v) is 5.28. The molecule has 0 aromatic heterocycles. The normalized spacial score (nSPS) is 11.8. The van der Waals surface area contributed by atoms with Crippen molar-refractivity contribution in [2.75, 3.05) is 0 Å². The maximum Gasteiger partial charge on any atom is 0.194 e. The summed E-state index contributed by atoms with van der Waals surface area (Å²) < 4.78 is -1.34. The van der Waals surface area contributed by atoms with Gasteiger partial charge in [-0.15, -0.1) is 0 Å². The fraction of sp³-hybridized carbons (Fsp3) is 0.250. The van der Waals surface area contributed by atoms with Crippen molar-refractivity contribution in [3.63, 3.8) is 0 Å². The van der Waals surface area contributed by atoms with Crippen LogP contribution in [0.2, 0.25) is 10.0 Å². The van der Waals surface area contributed by atoms with E-state index in [0.29, 0.717) is 10.0 Å². The monoisotopic (exact) mass is 276 g/mol. The molecule has 0 bridgehead atoms. The van der Waals surface area contributed by atoms with Crippen molar-refractivity contribution in [2.24, 2.45) is 0 Å². The van der Waals surface area contributed by atoms with Crippen molar-refractivity contribution in [1.82, 2.24) is 0 Å². The van der Waals surface area contributed by atoms with Crippen molar-refractivity contribution in [1.29, 1.82) is 0 Å². The average Bonchev–Trinajstić information content (AvgIpc) is 1.94. The van der Waals surface area contributed by atoms with E-state index in [2.05, 4.69) is 0 Å². The van der Waals surface area contributed by atoms with Crippen LogP contribution in [0.1, 0.15) is 5.56 Å². The molecule has 72 valence electrons. The van der Waals surface area contributed by atoms with Gasteiger partial charge in [-0.3, -0.25) is 0 Å². The molecule has 0 amide bonds. The van der Waals surface area contributed by atoms with E-state index < -0.39 is 3.79 Å². The molecule has 1 aromatic carbocycles. The Morgan fingerprint density at radius 3 is 2.23 bits per heavy atom. The number of rotatable bonds is 1. The highest BCUT2D eigenvalue weighted by atomic mass is 35.6. The lowest BCUT2D eigenvalue weighted by molar-refractivity contribution is 1.02. The number of alkyl halides is 3. The SMILES string of the molecule is Clc1ccc(Cl)c(CC(Cl)(Cl)Cl)c1. The summed E-state index contributed by atoms with van der Waals surface area (Å²) >= 11 is 28.5. The second-order valence-corrected chi connectivity index (χ2v) is 5.89. The zero-order valence-corrected chi connectivity index (χ0v) is 10.1. The van der Waals surface area contributed by atoms with Crippen LogP contribution in [0.5, 0.6) is 0 Å². The van der Waals surface area contributed by atoms with Crippen molar-refractivity contribution < 1.29 is 0 Å². The van der Waals surface area contributed by atoms with Gasteiger partial charge in [0.15, 0.2) is 3.79 Å². The highest BCUT2D eigenvalue weighted by molar-refractivity contribution is 6.67. The maximum atomic E-state index is 5.87. The van der Waals surface area contributed by atoms with Crippen LogP contribution in [0, 0.1) is 0 Å². The Bertz CT molecular complexity index is 302. The number of benzene rings is 1. The van der Waals surface area contributed by atoms with E-state index in [0.717, 1.165) is 5.56 Å². The van der Waals surface area contributed by atoms with Gasteiger partial charge in [-0.05, 0) is 23.8 Å². The molecule has 0 N–H and O–H groups in total. The highest BCUT2D eigenvalue weighted by Crippen LogP contribution is 2.33. The largest absolute Gasteiger partial charge is 0.194 e. The molecule has 1 aromatic rings. The molecule has 0 spiro atoms. The van der Waals surface area contributed by atoms with Crippen LogP contribution in [0.15, 0.2) is 18.2 Å². The molecule has 13 heavy (non-hydrogen) atoms. The molecular formula is C8H5Cl5. The predicted octanol–water partition coefficient (Wildman–Crippen LogP) is 4.91. The third kappa shape index (κ3) is 4.14. The summed E-state index contributed by atoms with van der Waals surface area (Å²) in [4.78, 5) is 0. The fourth-order valence-corrected chi connectivity index (χ4v) is 1.71. The Morgan fingerprint density at radius 2 is 1.69 bits per heavy atom. The van der Waals surface area contributed by atoms with Crippen LogP contribution in [0.25, 0.3) is 0 Å². The molecule has 0 saturated heterocycles. The third-order valence-corrected chi connectivity index (χ3v) is 2.40. The zero-order chi connectivity index (χ0) is 10.1. The van der Waals surface area contributed by atoms with Crippen LogP contribution in [0.3, 0.4) is 0 Å². The standard InChI is InChI=1S/C8H5Cl5/c9-6-1-2-7(10)5(3-6)4-8(11,12)13/h1-3H,4H2. The predicted molar refractivity (Wildman–Crippen MR) is 60.5 cm³/mol. The lowest BCUT2D eigenvalue weighted by Crippen LogP contribution is -2.07. The van der Waals surface area contributed by atoms with E-state index in [-0.39, 0.29) is 6.42 Å². The average molecular weight is 278 g/mol. The van der Waals surface area contributed by atoms with Gasteiger partial charge in [-0.2, -0.15) is 0 Å². The van der Waals surface area contributed by atoms with Gasteiger partial charge >= 0.3 is 0 Å². The maximum absolute atomic E-state index is 5.87. The smallest absolute Gasteiger partial charge is 0.0843 e. The van der Waals surface area contributed by atoms with E-state index in [1.165, 1.54) is 0 Å². The van der Waals surface area contributed by atoms with Gasteiger partial charge in [0.25, 0.3) is 0 Å². The molecule has 0 unspecified atom stereocenters. The van der Waals surface area contributed by atoms with E-state index in [1.807, 2.05) is 0 Å². The molecule has 0 aliphatic carbocycles. The van der Waals surface area contributed by atoms with Crippen LogP contribution < -0.4 is 0 Å². The molecule has 1 rings (SSSR count). The van der Waals surface area contributed by atoms with E-state index in [1.54, 1.807) is 18.2 Å². The summed E-state index contributed by atoms with van der Waals surface area (Å²) in [7, 11) is 0. The quantitative estimate of drug-likeness (QED) is 0.641. The molecule has 0 saturated carbocycles. The van der Waals surface area contributed by atoms with Gasteiger partial charge in [-0.25, -0.2) is 0 Å². The summed E-state index contributed by atoms with van der Waals surface area (Å²) in [6.07, 6.45) is 0.247. The molecule has 0 atom stereocenters. The molecule has 0 aliphatic heterocycles. The summed E-state index contributed by atoms with van der Waals surface area (Å²) in [6, 6.07) is 5.05. The van der Waals surface area contributed by atoms with Crippen molar-refractivity contribution >= 4 is 58.0 Å². The first-order valence-electron chi connectivity index (χ1n) is 3.39. The molecule has 5 heteroatoms. The number of halogens is 5. The van der Waals surface area contributed by atoms with E-state index in [9.17, 15) is 0 Å². The highest BCUT2D eigenvalue weighted by Gasteiger charge is 2.21. The van der Waals surface area contributed by atoms with Gasteiger partial charge in [0.05, 0.1) is 0 Å². The minimum Gasteiger partial charge on any atom is -0.0843 e. The van der Waals surface area contributed by atoms with Gasteiger partial charge in [-0.1, -0.05) is 58.0 Å². The first-order chi connectivity index (χ1) is 5.88. The summed E-state index contributed by atoms with van der Waals surface area (Å²) in [5, 5.41) is 1.13. The van der Waals surface area contributed by atoms with Gasteiger partial charge < -0.3 is 0 Å². The zero-order valence-electron chi connectivity index (χ0n) is 6.33. The van der Waals surface area contributed by atoms with Crippen LogP contribution in [-0.4, -0.2) is 3.79 Å². The van der Waals surface area contributed by atoms with Crippen molar-refractivity contribution in [2.45, 2.75) is 10.2 Å². The van der Waals surface area contributed by atoms with Crippen LogP contribution in [0.4, 0.5) is 0 Å². The van der Waals surface area contributed by atoms with Gasteiger partial charge in [0.1, 0.15) is 0 Å². The van der Waals surface area contributed by atoms with Crippen LogP contribution >= 0.6 is 58.0 Å². The number of hydrogen-bond acceptors (Lipinski definition) is 0. The van der Waals surface area contributed by atoms with Gasteiger partial charge in [0, 0.05) is 16.5 Å². The fourth-order valence-electron chi connectivity index (χ4n) is 0.895. The molecule has 0 heterocycles. The summed E-state index contributed by atoms with van der Waals surface area (Å²) in [5.74, 6) is 0.